The largest absolute Gasteiger partial charge is 0.476 e. The zero-order valence-corrected chi connectivity index (χ0v) is 10.1. The molecular weight excluding hydrogens is 293 g/mol. The highest BCUT2D eigenvalue weighted by Crippen LogP contribution is 2.20. The van der Waals surface area contributed by atoms with E-state index in [1.54, 1.807) is 5.32 Å². The highest BCUT2D eigenvalue weighted by molar-refractivity contribution is 5.95. The van der Waals surface area contributed by atoms with Gasteiger partial charge in [-0.15, -0.1) is 5.10 Å². The summed E-state index contributed by atoms with van der Waals surface area (Å²) in [5, 5.41) is 17.3. The van der Waals surface area contributed by atoms with E-state index >= 15 is 0 Å². The Labute approximate surface area is 115 Å². The van der Waals surface area contributed by atoms with Crippen LogP contribution in [0, 0.1) is 0 Å². The van der Waals surface area contributed by atoms with Crippen molar-refractivity contribution < 1.29 is 27.9 Å². The molecule has 110 valence electrons. The second-order valence-electron chi connectivity index (χ2n) is 3.86. The fourth-order valence-electron chi connectivity index (χ4n) is 1.42. The number of amides is 1. The molecule has 0 aliphatic rings. The predicted octanol–water partition coefficient (Wildman–Crippen LogP) is 1.47. The minimum atomic E-state index is -5.00. The van der Waals surface area contributed by atoms with E-state index < -0.39 is 18.1 Å². The number of anilines is 1. The van der Waals surface area contributed by atoms with Crippen molar-refractivity contribution >= 4 is 17.6 Å². The van der Waals surface area contributed by atoms with Crippen LogP contribution in [0.25, 0.3) is 5.69 Å². The topological polar surface area (TPSA) is 97.1 Å². The highest BCUT2D eigenvalue weighted by Gasteiger charge is 2.38. The van der Waals surface area contributed by atoms with Crippen LogP contribution in [0.5, 0.6) is 0 Å². The molecule has 2 aromatic rings. The summed E-state index contributed by atoms with van der Waals surface area (Å²) >= 11 is 0. The summed E-state index contributed by atoms with van der Waals surface area (Å²) in [6.07, 6.45) is -3.91. The molecule has 10 heteroatoms. The molecule has 21 heavy (non-hydrogen) atoms. The number of hydrogen-bond donors (Lipinski definition) is 2. The molecule has 0 spiro atoms. The highest BCUT2D eigenvalue weighted by atomic mass is 19.4. The zero-order valence-electron chi connectivity index (χ0n) is 10.1. The van der Waals surface area contributed by atoms with Crippen LogP contribution >= 0.6 is 0 Å². The van der Waals surface area contributed by atoms with Gasteiger partial charge in [-0.25, -0.2) is 9.48 Å². The molecule has 2 N–H and O–H groups in total. The molecule has 0 radical (unpaired) electrons. The van der Waals surface area contributed by atoms with E-state index in [0.29, 0.717) is 0 Å². The number of nitrogens with one attached hydrogen (secondary N) is 1. The number of carboxylic acids is 1. The predicted molar refractivity (Wildman–Crippen MR) is 63.0 cm³/mol. The van der Waals surface area contributed by atoms with Crippen molar-refractivity contribution in [2.45, 2.75) is 6.18 Å². The van der Waals surface area contributed by atoms with Crippen LogP contribution in [0.3, 0.4) is 0 Å². The standard InChI is InChI=1S/C11H7F3N4O3/c12-11(13,14)10(21)15-6-2-1-3-7(4-6)18-5-8(9(19)20)16-17-18/h1-5H,(H,15,21)(H,19,20). The molecule has 2 rings (SSSR count). The summed E-state index contributed by atoms with van der Waals surface area (Å²) in [6.45, 7) is 0. The first-order valence-electron chi connectivity index (χ1n) is 5.41. The smallest absolute Gasteiger partial charge is 0.471 e. The number of rotatable bonds is 3. The van der Waals surface area contributed by atoms with E-state index in [2.05, 4.69) is 10.3 Å². The maximum absolute atomic E-state index is 12.1. The maximum Gasteiger partial charge on any atom is 0.471 e. The molecule has 0 saturated heterocycles. The molecule has 1 aromatic carbocycles. The number of carbonyl (C=O) groups is 2. The van der Waals surface area contributed by atoms with E-state index in [9.17, 15) is 22.8 Å². The summed E-state index contributed by atoms with van der Waals surface area (Å²) in [7, 11) is 0. The van der Waals surface area contributed by atoms with Crippen LogP contribution in [0.1, 0.15) is 10.5 Å². The van der Waals surface area contributed by atoms with Crippen molar-refractivity contribution in [1.82, 2.24) is 15.0 Å². The minimum Gasteiger partial charge on any atom is -0.476 e. The lowest BCUT2D eigenvalue weighted by molar-refractivity contribution is -0.167. The van der Waals surface area contributed by atoms with Gasteiger partial charge in [0.25, 0.3) is 0 Å². The Morgan fingerprint density at radius 2 is 2.00 bits per heavy atom. The Balaban J connectivity index is 2.25. The molecule has 0 atom stereocenters. The lowest BCUT2D eigenvalue weighted by Crippen LogP contribution is -2.29. The lowest BCUT2D eigenvalue weighted by Gasteiger charge is -2.09. The summed E-state index contributed by atoms with van der Waals surface area (Å²) in [4.78, 5) is 21.5. The Morgan fingerprint density at radius 3 is 2.57 bits per heavy atom. The first kappa shape index (κ1) is 14.5. The van der Waals surface area contributed by atoms with Gasteiger partial charge in [0.1, 0.15) is 0 Å². The SMILES string of the molecule is O=C(O)c1cn(-c2cccc(NC(=O)C(F)(F)F)c2)nn1. The quantitative estimate of drug-likeness (QED) is 0.894. The molecule has 1 aromatic heterocycles. The maximum atomic E-state index is 12.1. The molecular formula is C11H7F3N4O3. The number of nitrogens with zero attached hydrogens (tertiary/aromatic N) is 3. The van der Waals surface area contributed by atoms with Gasteiger partial charge in [0.05, 0.1) is 11.9 Å². The molecule has 1 heterocycles. The van der Waals surface area contributed by atoms with Gasteiger partial charge in [-0.1, -0.05) is 11.3 Å². The van der Waals surface area contributed by atoms with Gasteiger partial charge in [-0.05, 0) is 18.2 Å². The van der Waals surface area contributed by atoms with Crippen LogP contribution < -0.4 is 5.32 Å². The number of carboxylic acid groups (broad SMARTS) is 1. The lowest BCUT2D eigenvalue weighted by atomic mass is 10.2. The number of aromatic carboxylic acids is 1. The van der Waals surface area contributed by atoms with Crippen LogP contribution in [0.4, 0.5) is 18.9 Å². The number of carbonyl (C=O) groups excluding carboxylic acids is 1. The second-order valence-corrected chi connectivity index (χ2v) is 3.86. The van der Waals surface area contributed by atoms with E-state index in [-0.39, 0.29) is 17.1 Å². The minimum absolute atomic E-state index is 0.109. The van der Waals surface area contributed by atoms with Gasteiger partial charge in [-0.2, -0.15) is 13.2 Å². The molecule has 0 aliphatic heterocycles. The molecule has 0 bridgehead atoms. The van der Waals surface area contributed by atoms with Crippen LogP contribution in [0.2, 0.25) is 0 Å². The van der Waals surface area contributed by atoms with Gasteiger partial charge >= 0.3 is 18.1 Å². The molecule has 0 fully saturated rings. The first-order chi connectivity index (χ1) is 9.77. The van der Waals surface area contributed by atoms with Crippen LogP contribution in [-0.2, 0) is 4.79 Å². The van der Waals surface area contributed by atoms with E-state index in [4.69, 9.17) is 5.11 Å². The number of benzene rings is 1. The number of hydrogen-bond acceptors (Lipinski definition) is 4. The van der Waals surface area contributed by atoms with Crippen molar-refractivity contribution in [1.29, 1.82) is 0 Å². The number of aromatic nitrogens is 3. The Kier molecular flexibility index (Phi) is 3.61. The summed E-state index contributed by atoms with van der Waals surface area (Å²) in [5.74, 6) is -3.40. The summed E-state index contributed by atoms with van der Waals surface area (Å²) in [5.41, 5.74) is -0.183. The van der Waals surface area contributed by atoms with Crippen molar-refractivity contribution in [3.63, 3.8) is 0 Å². The van der Waals surface area contributed by atoms with Gasteiger partial charge < -0.3 is 10.4 Å². The summed E-state index contributed by atoms with van der Waals surface area (Å²) in [6, 6.07) is 5.29. The second kappa shape index (κ2) is 5.23. The number of alkyl halides is 3. The Hall–Kier alpha value is -2.91. The molecule has 0 aliphatic carbocycles. The Bertz CT molecular complexity index is 696. The number of halogens is 3. The van der Waals surface area contributed by atoms with E-state index in [1.807, 2.05) is 0 Å². The van der Waals surface area contributed by atoms with E-state index in [1.165, 1.54) is 24.3 Å². The van der Waals surface area contributed by atoms with Crippen molar-refractivity contribution in [2.75, 3.05) is 5.32 Å². The zero-order chi connectivity index (χ0) is 15.6. The first-order valence-corrected chi connectivity index (χ1v) is 5.41. The van der Waals surface area contributed by atoms with Crippen LogP contribution in [0.15, 0.2) is 30.5 Å². The fraction of sp³-hybridized carbons (Fsp3) is 0.0909. The van der Waals surface area contributed by atoms with Crippen molar-refractivity contribution in [2.24, 2.45) is 0 Å². The molecule has 1 amide bonds. The fourth-order valence-corrected chi connectivity index (χ4v) is 1.42. The van der Waals surface area contributed by atoms with E-state index in [0.717, 1.165) is 10.9 Å². The average molecular weight is 300 g/mol. The molecule has 7 nitrogen and oxygen atoms in total. The van der Waals surface area contributed by atoms with Crippen LogP contribution in [-0.4, -0.2) is 38.2 Å². The third-order valence-corrected chi connectivity index (χ3v) is 2.34. The average Bonchev–Trinajstić information content (AvgIpc) is 2.87. The molecule has 0 unspecified atom stereocenters. The third kappa shape index (κ3) is 3.35. The molecule has 0 saturated carbocycles. The van der Waals surface area contributed by atoms with Crippen molar-refractivity contribution in [3.05, 3.63) is 36.2 Å². The third-order valence-electron chi connectivity index (χ3n) is 2.34. The normalized spacial score (nSPS) is 11.2. The van der Waals surface area contributed by atoms with Crippen molar-refractivity contribution in [3.8, 4) is 5.69 Å². The summed E-state index contributed by atoms with van der Waals surface area (Å²) < 4.78 is 37.5. The van der Waals surface area contributed by atoms with Gasteiger partial charge in [-0.3, -0.25) is 4.79 Å². The monoisotopic (exact) mass is 300 g/mol. The Morgan fingerprint density at radius 1 is 1.29 bits per heavy atom. The van der Waals surface area contributed by atoms with Gasteiger partial charge in [0.2, 0.25) is 0 Å². The van der Waals surface area contributed by atoms with Gasteiger partial charge in [0, 0.05) is 5.69 Å². The van der Waals surface area contributed by atoms with Gasteiger partial charge in [0.15, 0.2) is 5.69 Å².